The van der Waals surface area contributed by atoms with Gasteiger partial charge >= 0.3 is 0 Å². The zero-order valence-electron chi connectivity index (χ0n) is 21.0. The first-order valence-electron chi connectivity index (χ1n) is 12.8. The number of hydrogen-bond donors (Lipinski definition) is 0. The van der Waals surface area contributed by atoms with E-state index < -0.39 is 23.9 Å². The summed E-state index contributed by atoms with van der Waals surface area (Å²) in [6, 6.07) is 25.2. The lowest BCUT2D eigenvalue weighted by atomic mass is 9.83. The fraction of sp³-hybridized carbons (Fsp3) is 0.156. The number of benzene rings is 4. The Kier molecular flexibility index (Phi) is 5.45. The van der Waals surface area contributed by atoms with Crippen molar-refractivity contribution < 1.29 is 19.1 Å². The molecule has 3 heterocycles. The highest BCUT2D eigenvalue weighted by Crippen LogP contribution is 2.54. The Morgan fingerprint density at radius 2 is 1.59 bits per heavy atom. The lowest BCUT2D eigenvalue weighted by molar-refractivity contribution is -0.123. The molecule has 0 spiro atoms. The predicted octanol–water partition coefficient (Wildman–Crippen LogP) is 6.01. The molecule has 4 atom stereocenters. The summed E-state index contributed by atoms with van der Waals surface area (Å²) in [4.78, 5) is 45.7. The van der Waals surface area contributed by atoms with Crippen molar-refractivity contribution in [3.05, 3.63) is 112 Å². The summed E-state index contributed by atoms with van der Waals surface area (Å²) in [5.41, 5.74) is 2.91. The highest BCUT2D eigenvalue weighted by molar-refractivity contribution is 9.10. The molecule has 3 aliphatic heterocycles. The van der Waals surface area contributed by atoms with E-state index in [0.29, 0.717) is 21.5 Å². The Morgan fingerprint density at radius 3 is 2.38 bits per heavy atom. The maximum absolute atomic E-state index is 14.2. The van der Waals surface area contributed by atoms with Crippen LogP contribution in [-0.4, -0.2) is 35.6 Å². The van der Waals surface area contributed by atoms with Gasteiger partial charge in [0, 0.05) is 11.8 Å². The average Bonchev–Trinajstić information content (AvgIpc) is 3.44. The highest BCUT2D eigenvalue weighted by Gasteiger charge is 2.64. The molecule has 4 aromatic carbocycles. The number of imide groups is 1. The Labute approximate surface area is 233 Å². The number of halogens is 1. The molecule has 0 bridgehead atoms. The molecule has 0 radical (unpaired) electrons. The van der Waals surface area contributed by atoms with E-state index >= 15 is 0 Å². The van der Waals surface area contributed by atoms with Crippen LogP contribution in [0.5, 0.6) is 5.75 Å². The van der Waals surface area contributed by atoms with Crippen molar-refractivity contribution in [2.75, 3.05) is 12.0 Å². The van der Waals surface area contributed by atoms with Gasteiger partial charge in [0.15, 0.2) is 5.78 Å². The molecule has 3 aliphatic rings. The van der Waals surface area contributed by atoms with Crippen molar-refractivity contribution in [3.8, 4) is 5.75 Å². The van der Waals surface area contributed by atoms with Gasteiger partial charge in [0.2, 0.25) is 11.8 Å². The Morgan fingerprint density at radius 1 is 0.846 bits per heavy atom. The molecule has 2 amide bonds. The van der Waals surface area contributed by atoms with Gasteiger partial charge < -0.3 is 9.64 Å². The first kappa shape index (κ1) is 23.9. The predicted molar refractivity (Wildman–Crippen MR) is 152 cm³/mol. The fourth-order valence-electron chi connectivity index (χ4n) is 6.42. The molecule has 192 valence electrons. The van der Waals surface area contributed by atoms with Crippen LogP contribution in [0.2, 0.25) is 0 Å². The Balaban J connectivity index is 1.36. The maximum Gasteiger partial charge on any atom is 0.240 e. The summed E-state index contributed by atoms with van der Waals surface area (Å²) in [7, 11) is 1.56. The number of nitrogens with zero attached hydrogens (tertiary/aromatic N) is 2. The number of methoxy groups -OCH3 is 1. The second kappa shape index (κ2) is 8.92. The van der Waals surface area contributed by atoms with Crippen LogP contribution in [0.15, 0.2) is 95.6 Å². The number of amides is 2. The molecule has 6 nitrogen and oxygen atoms in total. The van der Waals surface area contributed by atoms with Gasteiger partial charge in [0.05, 0.1) is 35.1 Å². The van der Waals surface area contributed by atoms with Crippen molar-refractivity contribution in [1.82, 2.24) is 4.90 Å². The van der Waals surface area contributed by atoms with E-state index in [2.05, 4.69) is 15.9 Å². The normalized spacial score (nSPS) is 23.1. The summed E-state index contributed by atoms with van der Waals surface area (Å²) in [5.74, 6) is -1.72. The molecule has 7 rings (SSSR count). The number of carbonyl (C=O) groups is 3. The first-order valence-corrected chi connectivity index (χ1v) is 13.6. The number of rotatable bonds is 4. The molecule has 39 heavy (non-hydrogen) atoms. The molecule has 0 unspecified atom stereocenters. The first-order chi connectivity index (χ1) is 19.0. The quantitative estimate of drug-likeness (QED) is 0.219. The SMILES string of the molecule is COc1ccc(C(=O)[C@@H]2[C@@H]3C(=O)N(c4ccc5ccccc5c4)C(=O)[C@H]3[C@H]3c4ccccc4C=CN23)cc1Br. The molecule has 2 fully saturated rings. The zero-order valence-corrected chi connectivity index (χ0v) is 22.5. The van der Waals surface area contributed by atoms with Crippen molar-refractivity contribution in [2.45, 2.75) is 12.1 Å². The zero-order chi connectivity index (χ0) is 26.8. The van der Waals surface area contributed by atoms with E-state index in [-0.39, 0.29) is 17.6 Å². The van der Waals surface area contributed by atoms with Gasteiger partial charge in [-0.1, -0.05) is 54.6 Å². The molecule has 4 aromatic rings. The molecule has 0 aliphatic carbocycles. The lowest BCUT2D eigenvalue weighted by Gasteiger charge is -2.35. The fourth-order valence-corrected chi connectivity index (χ4v) is 6.96. The van der Waals surface area contributed by atoms with Crippen LogP contribution in [0, 0.1) is 11.8 Å². The van der Waals surface area contributed by atoms with Gasteiger partial charge in [0.25, 0.3) is 0 Å². The molecule has 0 saturated carbocycles. The summed E-state index contributed by atoms with van der Waals surface area (Å²) < 4.78 is 5.99. The standard InChI is InChI=1S/C32H23BrN2O4/c1-39-25-13-11-21(17-24(25)33)30(36)29-27-26(28-23-9-5-4-7-19(23)14-15-34(28)29)31(37)35(32(27)38)22-12-10-18-6-2-3-8-20(18)16-22/h2-17,26-29H,1H3/t26-,27-,28-,29+/m1/s1. The summed E-state index contributed by atoms with van der Waals surface area (Å²) in [6.07, 6.45) is 3.82. The van der Waals surface area contributed by atoms with Crippen LogP contribution < -0.4 is 9.64 Å². The number of ether oxygens (including phenoxy) is 1. The third-order valence-electron chi connectivity index (χ3n) is 8.16. The minimum absolute atomic E-state index is 0.207. The Bertz CT molecular complexity index is 1730. The third kappa shape index (κ3) is 3.49. The summed E-state index contributed by atoms with van der Waals surface area (Å²) in [6.45, 7) is 0. The van der Waals surface area contributed by atoms with Crippen LogP contribution in [0.4, 0.5) is 5.69 Å². The molecule has 2 saturated heterocycles. The highest BCUT2D eigenvalue weighted by atomic mass is 79.9. The van der Waals surface area contributed by atoms with Crippen molar-refractivity contribution in [2.24, 2.45) is 11.8 Å². The van der Waals surface area contributed by atoms with Crippen LogP contribution in [-0.2, 0) is 9.59 Å². The minimum atomic E-state index is -0.827. The van der Waals surface area contributed by atoms with Crippen molar-refractivity contribution in [1.29, 1.82) is 0 Å². The number of hydrogen-bond acceptors (Lipinski definition) is 5. The third-order valence-corrected chi connectivity index (χ3v) is 8.78. The van der Waals surface area contributed by atoms with Crippen LogP contribution in [0.25, 0.3) is 16.8 Å². The van der Waals surface area contributed by atoms with E-state index in [1.807, 2.05) is 83.9 Å². The second-order valence-electron chi connectivity index (χ2n) is 10.1. The van der Waals surface area contributed by atoms with E-state index in [1.54, 1.807) is 25.3 Å². The van der Waals surface area contributed by atoms with Gasteiger partial charge in [-0.05, 0) is 74.2 Å². The summed E-state index contributed by atoms with van der Waals surface area (Å²) in [5, 5.41) is 1.96. The number of ketones is 1. The van der Waals surface area contributed by atoms with Gasteiger partial charge in [-0.2, -0.15) is 0 Å². The number of anilines is 1. The smallest absolute Gasteiger partial charge is 0.240 e. The van der Waals surface area contributed by atoms with Crippen LogP contribution in [0.1, 0.15) is 27.5 Å². The second-order valence-corrected chi connectivity index (χ2v) is 10.9. The maximum atomic E-state index is 14.2. The molecular weight excluding hydrogens is 556 g/mol. The molecule has 7 heteroatoms. The van der Waals surface area contributed by atoms with Gasteiger partial charge in [0.1, 0.15) is 11.8 Å². The van der Waals surface area contributed by atoms with E-state index in [9.17, 15) is 14.4 Å². The van der Waals surface area contributed by atoms with Gasteiger partial charge in [-0.3, -0.25) is 14.4 Å². The lowest BCUT2D eigenvalue weighted by Crippen LogP contribution is -2.44. The minimum Gasteiger partial charge on any atom is -0.496 e. The molecular formula is C32H23BrN2O4. The molecule has 0 N–H and O–H groups in total. The number of Topliss-reactive ketones (excluding diaryl/α,β-unsaturated/α-hetero) is 1. The van der Waals surface area contributed by atoms with Gasteiger partial charge in [-0.15, -0.1) is 0 Å². The number of fused-ring (bicyclic) bond motifs is 6. The van der Waals surface area contributed by atoms with E-state index in [1.165, 1.54) is 4.90 Å². The largest absolute Gasteiger partial charge is 0.496 e. The summed E-state index contributed by atoms with van der Waals surface area (Å²) >= 11 is 3.48. The average molecular weight is 579 g/mol. The number of carbonyl (C=O) groups excluding carboxylic acids is 3. The van der Waals surface area contributed by atoms with Crippen LogP contribution in [0.3, 0.4) is 0 Å². The van der Waals surface area contributed by atoms with E-state index in [4.69, 9.17) is 4.74 Å². The van der Waals surface area contributed by atoms with Crippen molar-refractivity contribution in [3.63, 3.8) is 0 Å². The Hall–Kier alpha value is -4.23. The topological polar surface area (TPSA) is 66.9 Å². The van der Waals surface area contributed by atoms with Gasteiger partial charge in [-0.25, -0.2) is 4.90 Å². The van der Waals surface area contributed by atoms with Crippen molar-refractivity contribution >= 4 is 56.1 Å². The van der Waals surface area contributed by atoms with E-state index in [0.717, 1.165) is 21.9 Å². The molecule has 0 aromatic heterocycles. The monoisotopic (exact) mass is 578 g/mol. The van der Waals surface area contributed by atoms with Crippen LogP contribution >= 0.6 is 15.9 Å².